The summed E-state index contributed by atoms with van der Waals surface area (Å²) < 4.78 is 1.82. The molecule has 0 atom stereocenters. The van der Waals surface area contributed by atoms with Gasteiger partial charge in [0.1, 0.15) is 12.1 Å². The zero-order chi connectivity index (χ0) is 19.9. The van der Waals surface area contributed by atoms with Crippen LogP contribution in [0.2, 0.25) is 0 Å². The highest BCUT2D eigenvalue weighted by atomic mass is 16.2. The predicted molar refractivity (Wildman–Crippen MR) is 105 cm³/mol. The number of pyridine rings is 1. The molecule has 0 aromatic carbocycles. The molecule has 1 fully saturated rings. The lowest BCUT2D eigenvalue weighted by Crippen LogP contribution is -2.53. The van der Waals surface area contributed by atoms with Crippen molar-refractivity contribution in [2.75, 3.05) is 32.7 Å². The lowest BCUT2D eigenvalue weighted by atomic mass is 10.2. The predicted octanol–water partition coefficient (Wildman–Crippen LogP) is 0.619. The molecule has 0 aliphatic carbocycles. The van der Waals surface area contributed by atoms with Gasteiger partial charge in [-0.05, 0) is 31.5 Å². The minimum atomic E-state index is -0.0905. The van der Waals surface area contributed by atoms with E-state index in [4.69, 9.17) is 0 Å². The van der Waals surface area contributed by atoms with Gasteiger partial charge in [0.25, 0.3) is 0 Å². The fourth-order valence-electron chi connectivity index (χ4n) is 3.08. The maximum absolute atomic E-state index is 12.4. The van der Waals surface area contributed by atoms with Crippen LogP contribution < -0.4 is 10.6 Å². The molecule has 2 aromatic heterocycles. The lowest BCUT2D eigenvalue weighted by Gasteiger charge is -2.34. The smallest absolute Gasteiger partial charge is 0.317 e. The number of carbonyl (C=O) groups excluding carboxylic acids is 2. The van der Waals surface area contributed by atoms with Gasteiger partial charge in [-0.15, -0.1) is 0 Å². The van der Waals surface area contributed by atoms with Crippen molar-refractivity contribution >= 4 is 11.9 Å². The number of carbonyl (C=O) groups is 2. The summed E-state index contributed by atoms with van der Waals surface area (Å²) in [5.74, 6) is 0.789. The van der Waals surface area contributed by atoms with Gasteiger partial charge < -0.3 is 15.5 Å². The van der Waals surface area contributed by atoms with Crippen molar-refractivity contribution in [3.05, 3.63) is 42.6 Å². The summed E-state index contributed by atoms with van der Waals surface area (Å²) in [4.78, 5) is 36.5. The third-order valence-corrected chi connectivity index (χ3v) is 4.50. The van der Waals surface area contributed by atoms with Crippen LogP contribution in [0.25, 0.3) is 5.82 Å². The summed E-state index contributed by atoms with van der Waals surface area (Å²) in [6.07, 6.45) is 6.93. The Hall–Kier alpha value is -2.94. The minimum Gasteiger partial charge on any atom is -0.353 e. The molecular weight excluding hydrogens is 358 g/mol. The van der Waals surface area contributed by atoms with Crippen molar-refractivity contribution in [3.63, 3.8) is 0 Å². The SMILES string of the molecule is CC(C)NC(=O)CN1CCN(C(=O)NCc2ccnc(-n3ccnc3)c2)CC1. The zero-order valence-corrected chi connectivity index (χ0v) is 16.3. The lowest BCUT2D eigenvalue weighted by molar-refractivity contribution is -0.123. The Morgan fingerprint density at radius 2 is 1.96 bits per heavy atom. The van der Waals surface area contributed by atoms with Gasteiger partial charge in [0.15, 0.2) is 0 Å². The van der Waals surface area contributed by atoms with Crippen molar-refractivity contribution < 1.29 is 9.59 Å². The summed E-state index contributed by atoms with van der Waals surface area (Å²) in [7, 11) is 0. The Morgan fingerprint density at radius 3 is 2.64 bits per heavy atom. The molecule has 0 spiro atoms. The number of imidazole rings is 1. The minimum absolute atomic E-state index is 0.0271. The van der Waals surface area contributed by atoms with E-state index < -0.39 is 0 Å². The highest BCUT2D eigenvalue weighted by Crippen LogP contribution is 2.07. The molecule has 28 heavy (non-hydrogen) atoms. The number of urea groups is 1. The Balaban J connectivity index is 1.44. The maximum atomic E-state index is 12.4. The number of amides is 3. The molecule has 2 N–H and O–H groups in total. The van der Waals surface area contributed by atoms with Crippen molar-refractivity contribution in [1.29, 1.82) is 0 Å². The third-order valence-electron chi connectivity index (χ3n) is 4.50. The molecule has 3 amide bonds. The first-order valence-corrected chi connectivity index (χ1v) is 9.49. The first-order chi connectivity index (χ1) is 13.5. The van der Waals surface area contributed by atoms with Gasteiger partial charge in [-0.3, -0.25) is 14.3 Å². The van der Waals surface area contributed by atoms with E-state index in [-0.39, 0.29) is 18.0 Å². The van der Waals surface area contributed by atoms with Crippen LogP contribution in [0.5, 0.6) is 0 Å². The highest BCUT2D eigenvalue weighted by Gasteiger charge is 2.22. The van der Waals surface area contributed by atoms with Crippen LogP contribution in [0.1, 0.15) is 19.4 Å². The first kappa shape index (κ1) is 19.8. The largest absolute Gasteiger partial charge is 0.353 e. The van der Waals surface area contributed by atoms with Gasteiger partial charge >= 0.3 is 6.03 Å². The second-order valence-electron chi connectivity index (χ2n) is 7.14. The van der Waals surface area contributed by atoms with Gasteiger partial charge in [-0.1, -0.05) is 0 Å². The Kier molecular flexibility index (Phi) is 6.59. The number of aromatic nitrogens is 3. The van der Waals surface area contributed by atoms with Gasteiger partial charge in [0.05, 0.1) is 6.54 Å². The Morgan fingerprint density at radius 1 is 1.18 bits per heavy atom. The van der Waals surface area contributed by atoms with Crippen LogP contribution in [-0.4, -0.2) is 75.0 Å². The molecule has 2 aromatic rings. The molecule has 1 aliphatic heterocycles. The Bertz CT molecular complexity index is 783. The first-order valence-electron chi connectivity index (χ1n) is 9.49. The third kappa shape index (κ3) is 5.53. The van der Waals surface area contributed by atoms with Crippen LogP contribution in [-0.2, 0) is 11.3 Å². The van der Waals surface area contributed by atoms with E-state index in [0.717, 1.165) is 11.4 Å². The standard InChI is InChI=1S/C19H27N7O2/c1-15(2)23-18(27)13-24-7-9-25(10-8-24)19(28)22-12-16-3-4-21-17(11-16)26-6-5-20-14-26/h3-6,11,14-15H,7-10,12-13H2,1-2H3,(H,22,28)(H,23,27). The normalized spacial score (nSPS) is 14.9. The molecule has 0 radical (unpaired) electrons. The van der Waals surface area contributed by atoms with Crippen LogP contribution in [0.4, 0.5) is 4.79 Å². The second kappa shape index (κ2) is 9.32. The molecular formula is C19H27N7O2. The summed E-state index contributed by atoms with van der Waals surface area (Å²) in [6.45, 7) is 7.30. The molecule has 0 unspecified atom stereocenters. The number of hydrogen-bond donors (Lipinski definition) is 2. The van der Waals surface area contributed by atoms with E-state index in [1.807, 2.05) is 36.7 Å². The summed E-state index contributed by atoms with van der Waals surface area (Å²) in [6, 6.07) is 3.86. The fraction of sp³-hybridized carbons (Fsp3) is 0.474. The molecule has 1 aliphatic rings. The van der Waals surface area contributed by atoms with E-state index in [1.165, 1.54) is 0 Å². The van der Waals surface area contributed by atoms with Crippen molar-refractivity contribution in [1.82, 2.24) is 35.0 Å². The van der Waals surface area contributed by atoms with Crippen LogP contribution in [0, 0.1) is 0 Å². The zero-order valence-electron chi connectivity index (χ0n) is 16.3. The molecule has 150 valence electrons. The van der Waals surface area contributed by atoms with E-state index in [0.29, 0.717) is 39.3 Å². The fourth-order valence-corrected chi connectivity index (χ4v) is 3.08. The van der Waals surface area contributed by atoms with Crippen molar-refractivity contribution in [3.8, 4) is 5.82 Å². The summed E-state index contributed by atoms with van der Waals surface area (Å²) >= 11 is 0. The molecule has 1 saturated heterocycles. The maximum Gasteiger partial charge on any atom is 0.317 e. The summed E-state index contributed by atoms with van der Waals surface area (Å²) in [5, 5.41) is 5.85. The number of rotatable bonds is 6. The molecule has 9 nitrogen and oxygen atoms in total. The van der Waals surface area contributed by atoms with E-state index >= 15 is 0 Å². The summed E-state index contributed by atoms with van der Waals surface area (Å²) in [5.41, 5.74) is 0.969. The second-order valence-corrected chi connectivity index (χ2v) is 7.14. The topological polar surface area (TPSA) is 95.4 Å². The molecule has 0 saturated carbocycles. The van der Waals surface area contributed by atoms with Gasteiger partial charge in [0.2, 0.25) is 5.91 Å². The van der Waals surface area contributed by atoms with E-state index in [9.17, 15) is 9.59 Å². The molecule has 3 heterocycles. The average Bonchev–Trinajstić information content (AvgIpc) is 3.21. The average molecular weight is 385 g/mol. The molecule has 9 heteroatoms. The monoisotopic (exact) mass is 385 g/mol. The number of hydrogen-bond acceptors (Lipinski definition) is 5. The number of nitrogens with zero attached hydrogens (tertiary/aromatic N) is 5. The van der Waals surface area contributed by atoms with E-state index in [1.54, 1.807) is 23.6 Å². The van der Waals surface area contributed by atoms with Crippen molar-refractivity contribution in [2.45, 2.75) is 26.4 Å². The Labute approximate surface area is 164 Å². The highest BCUT2D eigenvalue weighted by molar-refractivity contribution is 5.78. The number of piperazine rings is 1. The van der Waals surface area contributed by atoms with Gasteiger partial charge in [-0.2, -0.15) is 0 Å². The van der Waals surface area contributed by atoms with Crippen LogP contribution >= 0.6 is 0 Å². The molecule has 3 rings (SSSR count). The van der Waals surface area contributed by atoms with Gasteiger partial charge in [-0.25, -0.2) is 14.8 Å². The molecule has 0 bridgehead atoms. The van der Waals surface area contributed by atoms with Crippen LogP contribution in [0.3, 0.4) is 0 Å². The quantitative estimate of drug-likeness (QED) is 0.760. The van der Waals surface area contributed by atoms with Crippen molar-refractivity contribution in [2.24, 2.45) is 0 Å². The van der Waals surface area contributed by atoms with Crippen LogP contribution in [0.15, 0.2) is 37.1 Å². The number of nitrogens with one attached hydrogen (secondary N) is 2. The van der Waals surface area contributed by atoms with E-state index in [2.05, 4.69) is 25.5 Å². The van der Waals surface area contributed by atoms with Gasteiger partial charge in [0, 0.05) is 57.4 Å².